The summed E-state index contributed by atoms with van der Waals surface area (Å²) in [6.45, 7) is 2.17. The zero-order valence-corrected chi connectivity index (χ0v) is 13.4. The number of nitriles is 1. The second-order valence-corrected chi connectivity index (χ2v) is 6.55. The third kappa shape index (κ3) is 3.48. The van der Waals surface area contributed by atoms with Gasteiger partial charge >= 0.3 is 0 Å². The number of hydrogen-bond acceptors (Lipinski definition) is 3. The summed E-state index contributed by atoms with van der Waals surface area (Å²) in [6.07, 6.45) is 9.49. The number of fused-ring (bicyclic) bond motifs is 1. The van der Waals surface area contributed by atoms with Gasteiger partial charge in [0.1, 0.15) is 11.8 Å². The van der Waals surface area contributed by atoms with Crippen molar-refractivity contribution >= 4 is 5.91 Å². The minimum Gasteiger partial charge on any atom is -0.339 e. The topological polar surface area (TPSA) is 75.0 Å². The second-order valence-electron chi connectivity index (χ2n) is 6.55. The van der Waals surface area contributed by atoms with E-state index in [4.69, 9.17) is 11.0 Å². The van der Waals surface area contributed by atoms with Crippen molar-refractivity contribution in [3.8, 4) is 6.07 Å². The number of carbonyl (C=O) groups is 1. The number of rotatable bonds is 4. The van der Waals surface area contributed by atoms with Crippen molar-refractivity contribution in [2.45, 2.75) is 44.7 Å². The van der Waals surface area contributed by atoms with Crippen LogP contribution in [0.25, 0.3) is 0 Å². The lowest BCUT2D eigenvalue weighted by Gasteiger charge is -2.37. The molecule has 1 fully saturated rings. The number of aryl methyl sites for hydroxylation is 1. The van der Waals surface area contributed by atoms with Crippen molar-refractivity contribution in [3.63, 3.8) is 0 Å². The van der Waals surface area contributed by atoms with E-state index in [1.165, 1.54) is 18.4 Å². The fraction of sp³-hybridized carbons (Fsp3) is 0.556. The van der Waals surface area contributed by atoms with Gasteiger partial charge in [-0.3, -0.25) is 4.79 Å². The van der Waals surface area contributed by atoms with E-state index >= 15 is 0 Å². The van der Waals surface area contributed by atoms with Crippen LogP contribution in [-0.2, 0) is 11.3 Å². The molecule has 5 heteroatoms. The molecule has 0 aromatic carbocycles. The lowest BCUT2D eigenvalue weighted by molar-refractivity contribution is -0.133. The van der Waals surface area contributed by atoms with Crippen LogP contribution in [0.15, 0.2) is 30.0 Å². The molecule has 1 saturated heterocycles. The predicted octanol–water partition coefficient (Wildman–Crippen LogP) is 2.04. The number of amides is 1. The van der Waals surface area contributed by atoms with Crippen molar-refractivity contribution < 1.29 is 4.79 Å². The Hall–Kier alpha value is -2.06. The molecule has 1 aromatic heterocycles. The summed E-state index contributed by atoms with van der Waals surface area (Å²) < 4.78 is 1.85. The first kappa shape index (κ1) is 15.8. The van der Waals surface area contributed by atoms with E-state index in [0.29, 0.717) is 24.6 Å². The quantitative estimate of drug-likeness (QED) is 0.864. The third-order valence-corrected chi connectivity index (χ3v) is 5.06. The Balaban J connectivity index is 1.55. The van der Waals surface area contributed by atoms with Crippen LogP contribution in [-0.4, -0.2) is 34.5 Å². The lowest BCUT2D eigenvalue weighted by atomic mass is 9.82. The fourth-order valence-corrected chi connectivity index (χ4v) is 3.67. The summed E-state index contributed by atoms with van der Waals surface area (Å²) >= 11 is 0. The standard InChI is InChI=1S/C18H24N4O/c19-12-16-6-3-9-21(16)11-8-17(20)18(23)22-10-7-14-4-1-2-5-15(14)13-22/h3,5-6,9,14,17H,1-2,4,7-8,10-11,13,20H2. The maximum atomic E-state index is 12.6. The SMILES string of the molecule is N#Cc1cccn1CCC(N)C(=O)N1CCC2CCCC=C2C1. The molecule has 0 spiro atoms. The van der Waals surface area contributed by atoms with E-state index in [1.807, 2.05) is 21.7 Å². The molecule has 1 amide bonds. The van der Waals surface area contributed by atoms with Gasteiger partial charge in [-0.25, -0.2) is 0 Å². The van der Waals surface area contributed by atoms with E-state index in [1.54, 1.807) is 6.07 Å². The Morgan fingerprint density at radius 2 is 2.35 bits per heavy atom. The Morgan fingerprint density at radius 1 is 1.48 bits per heavy atom. The number of hydrogen-bond donors (Lipinski definition) is 1. The van der Waals surface area contributed by atoms with Crippen molar-refractivity contribution in [1.29, 1.82) is 5.26 Å². The molecule has 2 heterocycles. The van der Waals surface area contributed by atoms with E-state index in [-0.39, 0.29) is 5.91 Å². The molecule has 23 heavy (non-hydrogen) atoms. The van der Waals surface area contributed by atoms with E-state index < -0.39 is 6.04 Å². The number of allylic oxidation sites excluding steroid dienone is 1. The summed E-state index contributed by atoms with van der Waals surface area (Å²) in [7, 11) is 0. The summed E-state index contributed by atoms with van der Waals surface area (Å²) in [5.74, 6) is 0.725. The molecule has 0 bridgehead atoms. The molecular formula is C18H24N4O. The Kier molecular flexibility index (Phi) is 4.82. The number of carbonyl (C=O) groups excluding carboxylic acids is 1. The average Bonchev–Trinajstić information content (AvgIpc) is 3.06. The molecule has 1 aliphatic heterocycles. The first-order valence-electron chi connectivity index (χ1n) is 8.47. The molecular weight excluding hydrogens is 288 g/mol. The number of likely N-dealkylation sites (tertiary alicyclic amines) is 1. The Morgan fingerprint density at radius 3 is 3.17 bits per heavy atom. The average molecular weight is 312 g/mol. The molecule has 1 aromatic rings. The highest BCUT2D eigenvalue weighted by molar-refractivity contribution is 5.82. The first-order valence-corrected chi connectivity index (χ1v) is 8.47. The van der Waals surface area contributed by atoms with Gasteiger partial charge in [0.05, 0.1) is 6.04 Å². The van der Waals surface area contributed by atoms with Crippen LogP contribution in [0.1, 0.15) is 37.8 Å². The van der Waals surface area contributed by atoms with Crippen LogP contribution in [0.4, 0.5) is 0 Å². The number of aromatic nitrogens is 1. The second kappa shape index (κ2) is 7.01. The summed E-state index contributed by atoms with van der Waals surface area (Å²) in [4.78, 5) is 14.5. The van der Waals surface area contributed by atoms with Crippen LogP contribution in [0.2, 0.25) is 0 Å². The maximum absolute atomic E-state index is 12.6. The van der Waals surface area contributed by atoms with Gasteiger partial charge in [0.2, 0.25) is 5.91 Å². The predicted molar refractivity (Wildman–Crippen MR) is 88.4 cm³/mol. The molecule has 3 rings (SSSR count). The van der Waals surface area contributed by atoms with Crippen LogP contribution in [0.5, 0.6) is 0 Å². The van der Waals surface area contributed by atoms with Crippen molar-refractivity contribution in [1.82, 2.24) is 9.47 Å². The minimum atomic E-state index is -0.496. The molecule has 2 N–H and O–H groups in total. The lowest BCUT2D eigenvalue weighted by Crippen LogP contribution is -2.48. The van der Waals surface area contributed by atoms with Crippen molar-refractivity contribution in [3.05, 3.63) is 35.7 Å². The Bertz CT molecular complexity index is 640. The van der Waals surface area contributed by atoms with Crippen molar-refractivity contribution in [2.24, 2.45) is 11.7 Å². The summed E-state index contributed by atoms with van der Waals surface area (Å²) in [5.41, 5.74) is 8.16. The number of nitrogens with zero attached hydrogens (tertiary/aromatic N) is 3. The van der Waals surface area contributed by atoms with Gasteiger partial charge in [0, 0.05) is 25.8 Å². The van der Waals surface area contributed by atoms with Gasteiger partial charge < -0.3 is 15.2 Å². The van der Waals surface area contributed by atoms with E-state index in [0.717, 1.165) is 25.9 Å². The molecule has 2 atom stereocenters. The van der Waals surface area contributed by atoms with Crippen LogP contribution < -0.4 is 5.73 Å². The molecule has 5 nitrogen and oxygen atoms in total. The Labute approximate surface area is 137 Å². The van der Waals surface area contributed by atoms with Gasteiger partial charge in [0.15, 0.2) is 0 Å². The molecule has 0 saturated carbocycles. The van der Waals surface area contributed by atoms with Gasteiger partial charge in [0.25, 0.3) is 0 Å². The minimum absolute atomic E-state index is 0.0422. The first-order chi connectivity index (χ1) is 11.2. The molecule has 1 aliphatic carbocycles. The molecule has 122 valence electrons. The van der Waals surface area contributed by atoms with Gasteiger partial charge in [-0.2, -0.15) is 5.26 Å². The normalized spacial score (nSPS) is 22.0. The largest absolute Gasteiger partial charge is 0.339 e. The van der Waals surface area contributed by atoms with Crippen LogP contribution >= 0.6 is 0 Å². The number of piperidine rings is 1. The summed E-state index contributed by atoms with van der Waals surface area (Å²) in [5, 5.41) is 9.01. The molecule has 2 aliphatic rings. The maximum Gasteiger partial charge on any atom is 0.239 e. The molecule has 0 radical (unpaired) electrons. The highest BCUT2D eigenvalue weighted by atomic mass is 16.2. The van der Waals surface area contributed by atoms with E-state index in [2.05, 4.69) is 12.1 Å². The fourth-order valence-electron chi connectivity index (χ4n) is 3.67. The van der Waals surface area contributed by atoms with Gasteiger partial charge in [-0.1, -0.05) is 11.6 Å². The summed E-state index contributed by atoms with van der Waals surface area (Å²) in [6, 6.07) is 5.26. The van der Waals surface area contributed by atoms with E-state index in [9.17, 15) is 4.79 Å². The van der Waals surface area contributed by atoms with Crippen LogP contribution in [0, 0.1) is 17.2 Å². The van der Waals surface area contributed by atoms with Gasteiger partial charge in [-0.15, -0.1) is 0 Å². The zero-order valence-electron chi connectivity index (χ0n) is 13.4. The highest BCUT2D eigenvalue weighted by Gasteiger charge is 2.29. The number of nitrogens with two attached hydrogens (primary N) is 1. The van der Waals surface area contributed by atoms with Crippen LogP contribution in [0.3, 0.4) is 0 Å². The monoisotopic (exact) mass is 312 g/mol. The third-order valence-electron chi connectivity index (χ3n) is 5.06. The highest BCUT2D eigenvalue weighted by Crippen LogP contribution is 2.32. The van der Waals surface area contributed by atoms with Gasteiger partial charge in [-0.05, 0) is 50.2 Å². The smallest absolute Gasteiger partial charge is 0.239 e. The molecule has 2 unspecified atom stereocenters. The van der Waals surface area contributed by atoms with Crippen molar-refractivity contribution in [2.75, 3.05) is 13.1 Å². The zero-order chi connectivity index (χ0) is 16.2.